The molecule has 0 radical (unpaired) electrons. The molecule has 3 aliphatic heterocycles. The van der Waals surface area contributed by atoms with Gasteiger partial charge in [-0.2, -0.15) is 0 Å². The highest BCUT2D eigenvalue weighted by molar-refractivity contribution is 5.75. The number of ether oxygens (including phenoxy) is 1. The molecule has 2 saturated heterocycles. The number of halogens is 1. The van der Waals surface area contributed by atoms with E-state index in [1.54, 1.807) is 12.4 Å². The smallest absolute Gasteiger partial charge is 0.140 e. The van der Waals surface area contributed by atoms with Gasteiger partial charge in [0.1, 0.15) is 17.3 Å². The van der Waals surface area contributed by atoms with E-state index in [-0.39, 0.29) is 5.82 Å². The van der Waals surface area contributed by atoms with Gasteiger partial charge in [-0.1, -0.05) is 6.07 Å². The third-order valence-corrected chi connectivity index (χ3v) is 8.48. The zero-order chi connectivity index (χ0) is 27.1. The van der Waals surface area contributed by atoms with Crippen molar-refractivity contribution in [2.75, 3.05) is 56.2 Å². The Kier molecular flexibility index (Phi) is 6.63. The lowest BCUT2D eigenvalue weighted by Crippen LogP contribution is -2.53. The Balaban J connectivity index is 1.04. The second-order valence-electron chi connectivity index (χ2n) is 11.1. The first kappa shape index (κ1) is 25.4. The predicted octanol–water partition coefficient (Wildman–Crippen LogP) is 3.55. The minimum Gasteiger partial charge on any atom is -0.388 e. The molecule has 0 atom stereocenters. The lowest BCUT2D eigenvalue weighted by Gasteiger charge is -2.42. The van der Waals surface area contributed by atoms with Gasteiger partial charge in [-0.25, -0.2) is 14.4 Å². The topological polar surface area (TPSA) is 90.2 Å². The molecule has 3 aromatic heterocycles. The standard InChI is InChI=1S/C30H34FN7O2/c31-21-5-8-38-27(19-34-29(38)15-21)23-2-3-26(25-18-32-17-24(23)25)35-28-4-1-22(16-33-28)37-9-6-30(39,7-10-37)20-36-11-13-40-14-12-36/h1-5,8,15-16,19,32,39H,6-7,9-14,17-18,20H2,(H,33,35). The van der Waals surface area contributed by atoms with Gasteiger partial charge in [0.05, 0.1) is 42.6 Å². The number of rotatable bonds is 6. The number of fused-ring (bicyclic) bond motifs is 2. The Morgan fingerprint density at radius 1 is 0.975 bits per heavy atom. The first-order chi connectivity index (χ1) is 19.5. The van der Waals surface area contributed by atoms with Crippen LogP contribution >= 0.6 is 0 Å². The first-order valence-corrected chi connectivity index (χ1v) is 14.0. The molecule has 0 unspecified atom stereocenters. The summed E-state index contributed by atoms with van der Waals surface area (Å²) in [4.78, 5) is 13.8. The van der Waals surface area contributed by atoms with Crippen molar-refractivity contribution in [3.63, 3.8) is 0 Å². The minimum absolute atomic E-state index is 0.291. The van der Waals surface area contributed by atoms with E-state index in [1.807, 2.05) is 16.7 Å². The molecule has 0 amide bonds. The van der Waals surface area contributed by atoms with E-state index in [2.05, 4.69) is 43.6 Å². The fourth-order valence-corrected chi connectivity index (χ4v) is 6.22. The number of nitrogens with one attached hydrogen (secondary N) is 2. The van der Waals surface area contributed by atoms with Crippen molar-refractivity contribution in [3.8, 4) is 11.3 Å². The minimum atomic E-state index is -0.636. The number of benzene rings is 1. The Morgan fingerprint density at radius 2 is 1.80 bits per heavy atom. The van der Waals surface area contributed by atoms with Crippen LogP contribution in [0, 0.1) is 5.82 Å². The third kappa shape index (κ3) is 4.92. The molecule has 9 nitrogen and oxygen atoms in total. The van der Waals surface area contributed by atoms with Crippen molar-refractivity contribution in [2.45, 2.75) is 31.5 Å². The van der Waals surface area contributed by atoms with E-state index in [0.717, 1.165) is 100 Å². The fraction of sp³-hybridized carbons (Fsp3) is 0.400. The normalized spacial score (nSPS) is 19.2. The molecule has 40 heavy (non-hydrogen) atoms. The van der Waals surface area contributed by atoms with E-state index in [0.29, 0.717) is 5.65 Å². The summed E-state index contributed by atoms with van der Waals surface area (Å²) < 4.78 is 21.0. The molecular weight excluding hydrogens is 509 g/mol. The van der Waals surface area contributed by atoms with Gasteiger partial charge >= 0.3 is 0 Å². The summed E-state index contributed by atoms with van der Waals surface area (Å²) in [6.07, 6.45) is 6.94. The van der Waals surface area contributed by atoms with Crippen molar-refractivity contribution in [2.24, 2.45) is 0 Å². The molecule has 6 heterocycles. The third-order valence-electron chi connectivity index (χ3n) is 8.48. The van der Waals surface area contributed by atoms with Crippen LogP contribution in [-0.4, -0.2) is 75.9 Å². The molecule has 7 rings (SSSR count). The van der Waals surface area contributed by atoms with Crippen LogP contribution in [0.15, 0.2) is 55.0 Å². The molecule has 0 bridgehead atoms. The second-order valence-corrected chi connectivity index (χ2v) is 11.1. The average Bonchev–Trinajstić information content (AvgIpc) is 3.63. The van der Waals surface area contributed by atoms with Gasteiger partial charge in [0.15, 0.2) is 0 Å². The Labute approximate surface area is 232 Å². The van der Waals surface area contributed by atoms with Crippen LogP contribution in [0.1, 0.15) is 24.0 Å². The summed E-state index contributed by atoms with van der Waals surface area (Å²) in [7, 11) is 0. The van der Waals surface area contributed by atoms with Crippen LogP contribution in [-0.2, 0) is 17.8 Å². The van der Waals surface area contributed by atoms with E-state index < -0.39 is 5.60 Å². The molecule has 0 spiro atoms. The van der Waals surface area contributed by atoms with Crippen LogP contribution < -0.4 is 15.5 Å². The second kappa shape index (κ2) is 10.4. The molecule has 0 aliphatic carbocycles. The van der Waals surface area contributed by atoms with Crippen LogP contribution in [0.4, 0.5) is 21.6 Å². The van der Waals surface area contributed by atoms with Crippen LogP contribution in [0.2, 0.25) is 0 Å². The number of morpholine rings is 1. The number of hydrogen-bond donors (Lipinski definition) is 3. The Hall–Kier alpha value is -3.57. The van der Waals surface area contributed by atoms with Crippen LogP contribution in [0.5, 0.6) is 0 Å². The number of imidazole rings is 1. The number of β-amino-alcohol motifs (C(OH)–C–C–N with tert-alkyl or cyclic N) is 1. The lowest BCUT2D eigenvalue weighted by molar-refractivity contribution is -0.0440. The van der Waals surface area contributed by atoms with Gasteiger partial charge in [-0.05, 0) is 48.2 Å². The zero-order valence-electron chi connectivity index (χ0n) is 22.4. The molecule has 4 aromatic rings. The summed E-state index contributed by atoms with van der Waals surface area (Å²) >= 11 is 0. The quantitative estimate of drug-likeness (QED) is 0.340. The number of aromatic nitrogens is 3. The van der Waals surface area contributed by atoms with E-state index in [4.69, 9.17) is 9.72 Å². The average molecular weight is 544 g/mol. The van der Waals surface area contributed by atoms with Crippen molar-refractivity contribution < 1.29 is 14.2 Å². The van der Waals surface area contributed by atoms with Gasteiger partial charge < -0.3 is 25.4 Å². The van der Waals surface area contributed by atoms with Gasteiger partial charge in [-0.3, -0.25) is 9.30 Å². The van der Waals surface area contributed by atoms with Gasteiger partial charge in [-0.15, -0.1) is 0 Å². The Bertz CT molecular complexity index is 1510. The molecule has 3 N–H and O–H groups in total. The zero-order valence-corrected chi connectivity index (χ0v) is 22.4. The number of piperidine rings is 1. The number of anilines is 3. The molecule has 1 aromatic carbocycles. The van der Waals surface area contributed by atoms with E-state index in [9.17, 15) is 9.50 Å². The SMILES string of the molecule is OC1(CN2CCOCC2)CCN(c2ccc(Nc3ccc(-c4cnc5cc(F)ccn45)c4c3CNC4)nc2)CC1. The largest absolute Gasteiger partial charge is 0.388 e. The number of nitrogens with zero attached hydrogens (tertiary/aromatic N) is 5. The first-order valence-electron chi connectivity index (χ1n) is 14.0. The molecule has 2 fully saturated rings. The summed E-state index contributed by atoms with van der Waals surface area (Å²) in [6, 6.07) is 11.2. The number of aliphatic hydroxyl groups is 1. The highest BCUT2D eigenvalue weighted by Gasteiger charge is 2.34. The fourth-order valence-electron chi connectivity index (χ4n) is 6.22. The molecule has 0 saturated carbocycles. The van der Waals surface area contributed by atoms with Gasteiger partial charge in [0, 0.05) is 69.3 Å². The highest BCUT2D eigenvalue weighted by Crippen LogP contribution is 2.36. The molecule has 3 aliphatic rings. The number of hydrogen-bond acceptors (Lipinski definition) is 8. The number of pyridine rings is 2. The maximum absolute atomic E-state index is 13.7. The summed E-state index contributed by atoms with van der Waals surface area (Å²) in [5, 5.41) is 18.1. The van der Waals surface area contributed by atoms with Crippen LogP contribution in [0.25, 0.3) is 16.9 Å². The van der Waals surface area contributed by atoms with Crippen molar-refractivity contribution in [1.29, 1.82) is 0 Å². The monoisotopic (exact) mass is 543 g/mol. The van der Waals surface area contributed by atoms with E-state index >= 15 is 0 Å². The van der Waals surface area contributed by atoms with Gasteiger partial charge in [0.2, 0.25) is 0 Å². The predicted molar refractivity (Wildman–Crippen MR) is 152 cm³/mol. The molecular formula is C30H34FN7O2. The van der Waals surface area contributed by atoms with E-state index in [1.165, 1.54) is 23.3 Å². The maximum atomic E-state index is 13.7. The summed E-state index contributed by atoms with van der Waals surface area (Å²) in [6.45, 7) is 7.16. The van der Waals surface area contributed by atoms with Crippen LogP contribution in [0.3, 0.4) is 0 Å². The Morgan fingerprint density at radius 3 is 2.60 bits per heavy atom. The summed E-state index contributed by atoms with van der Waals surface area (Å²) in [5.41, 5.74) is 6.51. The van der Waals surface area contributed by atoms with Crippen molar-refractivity contribution in [3.05, 3.63) is 71.9 Å². The highest BCUT2D eigenvalue weighted by atomic mass is 19.1. The lowest BCUT2D eigenvalue weighted by atomic mass is 9.90. The molecule has 10 heteroatoms. The van der Waals surface area contributed by atoms with Gasteiger partial charge in [0.25, 0.3) is 0 Å². The van der Waals surface area contributed by atoms with Crippen molar-refractivity contribution >= 4 is 22.8 Å². The molecule has 208 valence electrons. The maximum Gasteiger partial charge on any atom is 0.140 e. The van der Waals surface area contributed by atoms with Crippen molar-refractivity contribution in [1.82, 2.24) is 24.6 Å². The summed E-state index contributed by atoms with van der Waals surface area (Å²) in [5.74, 6) is 0.497.